The normalized spacial score (nSPS) is 15.3. The summed E-state index contributed by atoms with van der Waals surface area (Å²) in [5.74, 6) is -0.497. The molecule has 7 nitrogen and oxygen atoms in total. The largest absolute Gasteiger partial charge is 0.479 e. The molecule has 0 aromatic heterocycles. The molecule has 134 valence electrons. The van der Waals surface area contributed by atoms with E-state index in [2.05, 4.69) is 16.0 Å². The lowest BCUT2D eigenvalue weighted by Gasteiger charge is -2.23. The van der Waals surface area contributed by atoms with Crippen LogP contribution in [0.5, 0.6) is 5.75 Å². The number of halogens is 1. The molecular formula is C18H16ClN3O4. The molecule has 1 heterocycles. The van der Waals surface area contributed by atoms with Crippen molar-refractivity contribution in [2.24, 2.45) is 0 Å². The Kier molecular flexibility index (Phi) is 5.09. The maximum atomic E-state index is 12.0. The summed E-state index contributed by atoms with van der Waals surface area (Å²) in [6.07, 6.45) is -0.564. The van der Waals surface area contributed by atoms with E-state index < -0.39 is 12.0 Å². The first kappa shape index (κ1) is 17.8. The van der Waals surface area contributed by atoms with E-state index in [9.17, 15) is 14.4 Å². The average Bonchev–Trinajstić information content (AvgIpc) is 2.61. The summed E-state index contributed by atoms with van der Waals surface area (Å²) in [6, 6.07) is 11.3. The van der Waals surface area contributed by atoms with Gasteiger partial charge in [-0.25, -0.2) is 0 Å². The highest BCUT2D eigenvalue weighted by atomic mass is 35.5. The Morgan fingerprint density at radius 3 is 2.65 bits per heavy atom. The van der Waals surface area contributed by atoms with Gasteiger partial charge in [-0.3, -0.25) is 14.4 Å². The van der Waals surface area contributed by atoms with E-state index in [1.165, 1.54) is 0 Å². The van der Waals surface area contributed by atoms with Crippen molar-refractivity contribution >= 4 is 40.7 Å². The highest BCUT2D eigenvalue weighted by molar-refractivity contribution is 6.30. The van der Waals surface area contributed by atoms with Crippen molar-refractivity contribution in [2.75, 3.05) is 17.2 Å². The van der Waals surface area contributed by atoms with E-state index in [-0.39, 0.29) is 18.4 Å². The van der Waals surface area contributed by atoms with Crippen molar-refractivity contribution in [3.05, 3.63) is 53.1 Å². The number of hydrogen-bond donors (Lipinski definition) is 3. The van der Waals surface area contributed by atoms with Crippen LogP contribution in [0.4, 0.5) is 11.4 Å². The molecule has 0 radical (unpaired) electrons. The minimum Gasteiger partial charge on any atom is -0.479 e. The molecule has 0 aliphatic carbocycles. The topological polar surface area (TPSA) is 96.5 Å². The average molecular weight is 374 g/mol. The molecule has 0 saturated heterocycles. The summed E-state index contributed by atoms with van der Waals surface area (Å²) in [7, 11) is 0. The third-order valence-corrected chi connectivity index (χ3v) is 3.96. The van der Waals surface area contributed by atoms with Crippen LogP contribution in [0.25, 0.3) is 0 Å². The molecule has 3 rings (SSSR count). The molecule has 0 unspecified atom stereocenters. The first-order valence-corrected chi connectivity index (χ1v) is 8.25. The summed E-state index contributed by atoms with van der Waals surface area (Å²) in [5.41, 5.74) is 1.37. The number of carbonyl (C=O) groups excluding carboxylic acids is 3. The first-order valence-electron chi connectivity index (χ1n) is 7.87. The van der Waals surface area contributed by atoms with Gasteiger partial charge < -0.3 is 20.7 Å². The number of rotatable bonds is 4. The number of carbonyl (C=O) groups is 3. The van der Waals surface area contributed by atoms with Crippen LogP contribution in [0, 0.1) is 0 Å². The zero-order valence-electron chi connectivity index (χ0n) is 13.8. The molecular weight excluding hydrogens is 358 g/mol. The van der Waals surface area contributed by atoms with E-state index in [0.717, 1.165) is 0 Å². The van der Waals surface area contributed by atoms with Gasteiger partial charge in [-0.15, -0.1) is 0 Å². The van der Waals surface area contributed by atoms with E-state index in [1.54, 1.807) is 49.4 Å². The number of hydrogen-bond acceptors (Lipinski definition) is 4. The first-order chi connectivity index (χ1) is 12.4. The Morgan fingerprint density at radius 1 is 1.19 bits per heavy atom. The van der Waals surface area contributed by atoms with Crippen LogP contribution in [0.1, 0.15) is 17.3 Å². The third kappa shape index (κ3) is 4.12. The number of benzene rings is 2. The van der Waals surface area contributed by atoms with Gasteiger partial charge in [0.25, 0.3) is 11.8 Å². The van der Waals surface area contributed by atoms with Crippen LogP contribution in [0.2, 0.25) is 5.02 Å². The number of fused-ring (bicyclic) bond motifs is 1. The van der Waals surface area contributed by atoms with Gasteiger partial charge in [-0.1, -0.05) is 11.6 Å². The van der Waals surface area contributed by atoms with E-state index in [4.69, 9.17) is 16.3 Å². The minimum absolute atomic E-state index is 0.196. The maximum Gasteiger partial charge on any atom is 0.265 e. The highest BCUT2D eigenvalue weighted by Gasteiger charge is 2.23. The van der Waals surface area contributed by atoms with Gasteiger partial charge in [0.1, 0.15) is 5.75 Å². The molecule has 0 fully saturated rings. The highest BCUT2D eigenvalue weighted by Crippen LogP contribution is 2.32. The van der Waals surface area contributed by atoms with Crippen molar-refractivity contribution in [3.8, 4) is 5.75 Å². The summed E-state index contributed by atoms with van der Waals surface area (Å²) < 4.78 is 5.45. The van der Waals surface area contributed by atoms with Gasteiger partial charge in [0.05, 0.1) is 12.2 Å². The van der Waals surface area contributed by atoms with Gasteiger partial charge in [-0.2, -0.15) is 0 Å². The van der Waals surface area contributed by atoms with Gasteiger partial charge >= 0.3 is 0 Å². The molecule has 3 N–H and O–H groups in total. The zero-order valence-corrected chi connectivity index (χ0v) is 14.6. The molecule has 2 aromatic rings. The Balaban J connectivity index is 1.57. The number of ether oxygens (including phenoxy) is 1. The van der Waals surface area contributed by atoms with Crippen LogP contribution in [-0.4, -0.2) is 30.4 Å². The summed E-state index contributed by atoms with van der Waals surface area (Å²) in [6.45, 7) is 1.45. The Hall–Kier alpha value is -3.06. The van der Waals surface area contributed by atoms with Gasteiger partial charge in [-0.05, 0) is 49.4 Å². The molecule has 26 heavy (non-hydrogen) atoms. The van der Waals surface area contributed by atoms with E-state index >= 15 is 0 Å². The van der Waals surface area contributed by atoms with Crippen molar-refractivity contribution in [2.45, 2.75) is 13.0 Å². The number of anilines is 2. The minimum atomic E-state index is -0.564. The second-order valence-electron chi connectivity index (χ2n) is 5.70. The fourth-order valence-corrected chi connectivity index (χ4v) is 2.48. The Morgan fingerprint density at radius 2 is 1.92 bits per heavy atom. The van der Waals surface area contributed by atoms with Crippen molar-refractivity contribution < 1.29 is 19.1 Å². The lowest BCUT2D eigenvalue weighted by atomic mass is 10.2. The number of nitrogens with one attached hydrogen (secondary N) is 3. The van der Waals surface area contributed by atoms with Crippen LogP contribution in [-0.2, 0) is 9.59 Å². The van der Waals surface area contributed by atoms with Gasteiger partial charge in [0.2, 0.25) is 5.91 Å². The fraction of sp³-hybridized carbons (Fsp3) is 0.167. The van der Waals surface area contributed by atoms with Gasteiger partial charge in [0.15, 0.2) is 6.10 Å². The summed E-state index contributed by atoms with van der Waals surface area (Å²) in [5, 5.41) is 8.41. The number of amides is 3. The second-order valence-corrected chi connectivity index (χ2v) is 6.13. The molecule has 1 aliphatic rings. The SMILES string of the molecule is C[C@H]1Oc2ccc(NC(=O)CNC(=O)c3ccc(Cl)cc3)cc2NC1=O. The monoisotopic (exact) mass is 373 g/mol. The van der Waals surface area contributed by atoms with Crippen molar-refractivity contribution in [1.29, 1.82) is 0 Å². The van der Waals surface area contributed by atoms with Crippen LogP contribution < -0.4 is 20.7 Å². The third-order valence-electron chi connectivity index (χ3n) is 3.71. The molecule has 8 heteroatoms. The summed E-state index contributed by atoms with van der Waals surface area (Å²) in [4.78, 5) is 35.6. The molecule has 0 spiro atoms. The molecule has 0 saturated carbocycles. The maximum absolute atomic E-state index is 12.0. The van der Waals surface area contributed by atoms with Crippen LogP contribution in [0.3, 0.4) is 0 Å². The molecule has 2 aromatic carbocycles. The summed E-state index contributed by atoms with van der Waals surface area (Å²) >= 11 is 5.77. The van der Waals surface area contributed by atoms with E-state index in [0.29, 0.717) is 27.7 Å². The lowest BCUT2D eigenvalue weighted by Crippen LogP contribution is -2.34. The molecule has 0 bridgehead atoms. The Bertz CT molecular complexity index is 867. The van der Waals surface area contributed by atoms with Crippen molar-refractivity contribution in [3.63, 3.8) is 0 Å². The standard InChI is InChI=1S/C18H16ClN3O4/c1-10-17(24)22-14-8-13(6-7-15(14)26-10)21-16(23)9-20-18(25)11-2-4-12(19)5-3-11/h2-8,10H,9H2,1H3,(H,20,25)(H,21,23)(H,22,24)/t10-/m1/s1. The predicted molar refractivity (Wildman–Crippen MR) is 97.6 cm³/mol. The second kappa shape index (κ2) is 7.45. The van der Waals surface area contributed by atoms with Crippen LogP contribution in [0.15, 0.2) is 42.5 Å². The van der Waals surface area contributed by atoms with Crippen molar-refractivity contribution in [1.82, 2.24) is 5.32 Å². The predicted octanol–water partition coefficient (Wildman–Crippen LogP) is 2.43. The smallest absolute Gasteiger partial charge is 0.265 e. The molecule has 3 amide bonds. The quantitative estimate of drug-likeness (QED) is 0.766. The van der Waals surface area contributed by atoms with E-state index in [1.807, 2.05) is 0 Å². The van der Waals surface area contributed by atoms with Gasteiger partial charge in [0, 0.05) is 16.3 Å². The molecule has 1 atom stereocenters. The van der Waals surface area contributed by atoms with Crippen LogP contribution >= 0.6 is 11.6 Å². The zero-order chi connectivity index (χ0) is 18.7. The Labute approximate surface area is 154 Å². The lowest BCUT2D eigenvalue weighted by molar-refractivity contribution is -0.122. The fourth-order valence-electron chi connectivity index (χ4n) is 2.36. The molecule has 1 aliphatic heterocycles.